The zero-order chi connectivity index (χ0) is 16.8. The average Bonchev–Trinajstić information content (AvgIpc) is 3.20. The van der Waals surface area contributed by atoms with Gasteiger partial charge in [0.25, 0.3) is 0 Å². The summed E-state index contributed by atoms with van der Waals surface area (Å²) in [7, 11) is 0. The molecule has 1 amide bonds. The smallest absolute Gasteiger partial charge is 0.242 e. The normalized spacial score (nSPS) is 18.3. The molecule has 0 bridgehead atoms. The number of carbonyl (C=O) groups is 1. The summed E-state index contributed by atoms with van der Waals surface area (Å²) >= 11 is 1.87. The van der Waals surface area contributed by atoms with E-state index < -0.39 is 0 Å². The Balaban J connectivity index is 1.20. The number of benzene rings is 1. The van der Waals surface area contributed by atoms with Crippen LogP contribution in [0.5, 0.6) is 0 Å². The lowest BCUT2D eigenvalue weighted by Gasteiger charge is -2.46. The van der Waals surface area contributed by atoms with Crippen molar-refractivity contribution < 1.29 is 4.79 Å². The second-order valence-corrected chi connectivity index (χ2v) is 7.90. The number of likely N-dealkylation sites (tertiary alicyclic amines) is 1. The molecule has 3 aromatic rings. The summed E-state index contributed by atoms with van der Waals surface area (Å²) in [5.41, 5.74) is 3.44. The number of aromatic nitrogens is 2. The van der Waals surface area contributed by atoms with Crippen LogP contribution in [0.3, 0.4) is 0 Å². The standard InChI is InChI=1S/C19H20N4OS/c24-19(12-23-13-20-16-3-1-2-4-17(16)23)22-10-15(11-22)21-7-5-18-14(9-21)6-8-25-18/h1-4,6,8,13,15H,5,7,9-12H2. The van der Waals surface area contributed by atoms with E-state index in [1.165, 1.54) is 10.4 Å². The van der Waals surface area contributed by atoms with Gasteiger partial charge in [-0.2, -0.15) is 0 Å². The summed E-state index contributed by atoms with van der Waals surface area (Å²) < 4.78 is 1.95. The monoisotopic (exact) mass is 352 g/mol. The molecule has 25 heavy (non-hydrogen) atoms. The predicted molar refractivity (Wildman–Crippen MR) is 98.5 cm³/mol. The number of hydrogen-bond acceptors (Lipinski definition) is 4. The highest BCUT2D eigenvalue weighted by atomic mass is 32.1. The average molecular weight is 352 g/mol. The third-order valence-corrected chi connectivity index (χ3v) is 6.42. The minimum absolute atomic E-state index is 0.188. The SMILES string of the molecule is O=C(Cn1cnc2ccccc21)N1CC(N2CCc3sccc3C2)C1. The summed E-state index contributed by atoms with van der Waals surface area (Å²) in [4.78, 5) is 23.0. The Morgan fingerprint density at radius 3 is 3.04 bits per heavy atom. The third-order valence-electron chi connectivity index (χ3n) is 5.40. The van der Waals surface area contributed by atoms with Crippen LogP contribution < -0.4 is 0 Å². The topological polar surface area (TPSA) is 41.4 Å². The van der Waals surface area contributed by atoms with E-state index in [4.69, 9.17) is 0 Å². The fourth-order valence-corrected chi connectivity index (χ4v) is 4.74. The molecule has 5 rings (SSSR count). The Hall–Kier alpha value is -2.18. The van der Waals surface area contributed by atoms with E-state index in [0.717, 1.165) is 43.6 Å². The summed E-state index contributed by atoms with van der Waals surface area (Å²) in [6.45, 7) is 4.24. The van der Waals surface area contributed by atoms with Crippen LogP contribution >= 0.6 is 11.3 Å². The summed E-state index contributed by atoms with van der Waals surface area (Å²) in [6, 6.07) is 10.7. The highest BCUT2D eigenvalue weighted by molar-refractivity contribution is 7.10. The van der Waals surface area contributed by atoms with Crippen molar-refractivity contribution in [1.29, 1.82) is 0 Å². The molecule has 2 aromatic heterocycles. The van der Waals surface area contributed by atoms with Crippen LogP contribution in [0, 0.1) is 0 Å². The van der Waals surface area contributed by atoms with E-state index in [9.17, 15) is 4.79 Å². The van der Waals surface area contributed by atoms with E-state index in [0.29, 0.717) is 12.6 Å². The molecule has 0 N–H and O–H groups in total. The van der Waals surface area contributed by atoms with Crippen molar-refractivity contribution in [1.82, 2.24) is 19.4 Å². The third kappa shape index (κ3) is 2.65. The number of hydrogen-bond donors (Lipinski definition) is 0. The van der Waals surface area contributed by atoms with Gasteiger partial charge in [-0.25, -0.2) is 4.98 Å². The van der Waals surface area contributed by atoms with Crippen molar-refractivity contribution in [3.63, 3.8) is 0 Å². The lowest BCUT2D eigenvalue weighted by Crippen LogP contribution is -2.62. The van der Waals surface area contributed by atoms with E-state index in [1.54, 1.807) is 6.33 Å². The van der Waals surface area contributed by atoms with Crippen molar-refractivity contribution >= 4 is 28.3 Å². The molecule has 1 aromatic carbocycles. The molecule has 0 radical (unpaired) electrons. The van der Waals surface area contributed by atoms with Gasteiger partial charge in [0.15, 0.2) is 0 Å². The molecule has 2 aliphatic heterocycles. The summed E-state index contributed by atoms with van der Waals surface area (Å²) in [5.74, 6) is 0.188. The minimum Gasteiger partial charge on any atom is -0.338 e. The Morgan fingerprint density at radius 1 is 1.24 bits per heavy atom. The number of imidazole rings is 1. The molecule has 6 heteroatoms. The maximum absolute atomic E-state index is 12.6. The molecule has 2 aliphatic rings. The zero-order valence-electron chi connectivity index (χ0n) is 14.0. The second kappa shape index (κ2) is 5.97. The Bertz CT molecular complexity index is 924. The van der Waals surface area contributed by atoms with E-state index in [1.807, 2.05) is 45.1 Å². The Morgan fingerprint density at radius 2 is 2.12 bits per heavy atom. The van der Waals surface area contributed by atoms with Gasteiger partial charge in [0.05, 0.1) is 17.4 Å². The van der Waals surface area contributed by atoms with Gasteiger partial charge in [0, 0.05) is 37.1 Å². The van der Waals surface area contributed by atoms with Crippen LogP contribution in [0.25, 0.3) is 11.0 Å². The first-order valence-electron chi connectivity index (χ1n) is 8.75. The maximum atomic E-state index is 12.6. The van der Waals surface area contributed by atoms with Crippen LogP contribution in [0.4, 0.5) is 0 Å². The number of para-hydroxylation sites is 2. The van der Waals surface area contributed by atoms with Gasteiger partial charge in [-0.05, 0) is 35.6 Å². The number of carbonyl (C=O) groups excluding carboxylic acids is 1. The van der Waals surface area contributed by atoms with Crippen molar-refractivity contribution in [2.24, 2.45) is 0 Å². The first kappa shape index (κ1) is 15.1. The number of thiophene rings is 1. The minimum atomic E-state index is 0.188. The van der Waals surface area contributed by atoms with Gasteiger partial charge in [-0.3, -0.25) is 9.69 Å². The molecule has 4 heterocycles. The summed E-state index contributed by atoms with van der Waals surface area (Å²) in [5, 5.41) is 2.19. The number of nitrogens with zero attached hydrogens (tertiary/aromatic N) is 4. The molecule has 1 fully saturated rings. The van der Waals surface area contributed by atoms with Crippen molar-refractivity contribution in [2.75, 3.05) is 19.6 Å². The number of amides is 1. The zero-order valence-corrected chi connectivity index (χ0v) is 14.8. The lowest BCUT2D eigenvalue weighted by atomic mass is 10.0. The molecule has 0 atom stereocenters. The Labute approximate surface area is 150 Å². The van der Waals surface area contributed by atoms with E-state index in [2.05, 4.69) is 21.3 Å². The number of rotatable bonds is 3. The molecule has 0 saturated carbocycles. The van der Waals surface area contributed by atoms with Gasteiger partial charge in [-0.15, -0.1) is 11.3 Å². The molecule has 0 unspecified atom stereocenters. The van der Waals surface area contributed by atoms with Gasteiger partial charge in [0.2, 0.25) is 5.91 Å². The van der Waals surface area contributed by atoms with Crippen molar-refractivity contribution in [3.05, 3.63) is 52.5 Å². The first-order chi connectivity index (χ1) is 12.3. The molecule has 128 valence electrons. The highest BCUT2D eigenvalue weighted by Gasteiger charge is 2.36. The molecular weight excluding hydrogens is 332 g/mol. The van der Waals surface area contributed by atoms with Crippen LogP contribution in [0.2, 0.25) is 0 Å². The molecule has 0 spiro atoms. The van der Waals surface area contributed by atoms with Crippen LogP contribution in [0.15, 0.2) is 42.0 Å². The Kier molecular flexibility index (Phi) is 3.60. The first-order valence-corrected chi connectivity index (χ1v) is 9.63. The maximum Gasteiger partial charge on any atom is 0.242 e. The highest BCUT2D eigenvalue weighted by Crippen LogP contribution is 2.27. The number of fused-ring (bicyclic) bond motifs is 2. The van der Waals surface area contributed by atoms with Gasteiger partial charge < -0.3 is 9.47 Å². The fourth-order valence-electron chi connectivity index (χ4n) is 3.85. The van der Waals surface area contributed by atoms with Gasteiger partial charge >= 0.3 is 0 Å². The quantitative estimate of drug-likeness (QED) is 0.727. The van der Waals surface area contributed by atoms with E-state index in [-0.39, 0.29) is 5.91 Å². The predicted octanol–water partition coefficient (Wildman–Crippen LogP) is 2.37. The lowest BCUT2D eigenvalue weighted by molar-refractivity contribution is -0.139. The van der Waals surface area contributed by atoms with Crippen molar-refractivity contribution in [3.8, 4) is 0 Å². The molecule has 5 nitrogen and oxygen atoms in total. The largest absolute Gasteiger partial charge is 0.338 e. The summed E-state index contributed by atoms with van der Waals surface area (Å²) in [6.07, 6.45) is 2.92. The van der Waals surface area contributed by atoms with Crippen LogP contribution in [0.1, 0.15) is 10.4 Å². The van der Waals surface area contributed by atoms with Crippen LogP contribution in [-0.4, -0.2) is 50.9 Å². The van der Waals surface area contributed by atoms with Gasteiger partial charge in [0.1, 0.15) is 6.54 Å². The molecule has 0 aliphatic carbocycles. The second-order valence-electron chi connectivity index (χ2n) is 6.90. The van der Waals surface area contributed by atoms with Crippen molar-refractivity contribution in [2.45, 2.75) is 25.6 Å². The van der Waals surface area contributed by atoms with Gasteiger partial charge in [-0.1, -0.05) is 12.1 Å². The van der Waals surface area contributed by atoms with E-state index >= 15 is 0 Å². The molecule has 1 saturated heterocycles. The van der Waals surface area contributed by atoms with Crippen LogP contribution in [-0.2, 0) is 24.3 Å². The molecular formula is C19H20N4OS. The fraction of sp³-hybridized carbons (Fsp3) is 0.368.